The fourth-order valence-corrected chi connectivity index (χ4v) is 5.13. The van der Waals surface area contributed by atoms with Crippen molar-refractivity contribution in [2.24, 2.45) is 0 Å². The van der Waals surface area contributed by atoms with E-state index >= 15 is 0 Å². The van der Waals surface area contributed by atoms with E-state index in [4.69, 9.17) is 9.47 Å². The third kappa shape index (κ3) is 4.50. The number of dihydropyridines is 1. The molecule has 0 amide bonds. The molecule has 2 aromatic carbocycles. The van der Waals surface area contributed by atoms with E-state index in [0.29, 0.717) is 29.1 Å². The van der Waals surface area contributed by atoms with Crippen molar-refractivity contribution in [2.75, 3.05) is 20.3 Å². The molecule has 0 fully saturated rings. The number of methoxy groups -OCH3 is 1. The average molecular weight is 484 g/mol. The summed E-state index contributed by atoms with van der Waals surface area (Å²) >= 11 is 0. The lowest BCUT2D eigenvalue weighted by Crippen LogP contribution is -2.33. The van der Waals surface area contributed by atoms with Gasteiger partial charge in [-0.1, -0.05) is 42.5 Å². The summed E-state index contributed by atoms with van der Waals surface area (Å²) in [5.74, 6) is -1.60. The van der Waals surface area contributed by atoms with Crippen molar-refractivity contribution >= 4 is 22.8 Å². The number of rotatable bonds is 6. The first-order valence-corrected chi connectivity index (χ1v) is 12.0. The van der Waals surface area contributed by atoms with Crippen molar-refractivity contribution in [3.63, 3.8) is 0 Å². The van der Waals surface area contributed by atoms with Crippen molar-refractivity contribution in [2.45, 2.75) is 32.9 Å². The molecule has 3 heterocycles. The first-order chi connectivity index (χ1) is 17.5. The Morgan fingerprint density at radius 1 is 0.972 bits per heavy atom. The molecule has 3 aromatic rings. The van der Waals surface area contributed by atoms with Crippen molar-refractivity contribution in [1.29, 1.82) is 0 Å². The summed E-state index contributed by atoms with van der Waals surface area (Å²) in [5, 5.41) is 4.11. The zero-order chi connectivity index (χ0) is 25.2. The molecule has 1 N–H and O–H groups in total. The molecule has 0 radical (unpaired) electrons. The van der Waals surface area contributed by atoms with Gasteiger partial charge in [-0.15, -0.1) is 0 Å². The lowest BCUT2D eigenvalue weighted by atomic mass is 9.80. The molecule has 0 saturated heterocycles. The number of esters is 2. The maximum atomic E-state index is 13.5. The second-order valence-corrected chi connectivity index (χ2v) is 9.20. The molecule has 0 spiro atoms. The highest BCUT2D eigenvalue weighted by Gasteiger charge is 2.38. The Morgan fingerprint density at radius 3 is 2.31 bits per heavy atom. The second kappa shape index (κ2) is 9.95. The smallest absolute Gasteiger partial charge is 0.336 e. The van der Waals surface area contributed by atoms with E-state index in [-0.39, 0.29) is 6.61 Å². The number of carbonyl (C=O) groups excluding carboxylic acids is 2. The summed E-state index contributed by atoms with van der Waals surface area (Å²) in [6.07, 6.45) is 1.72. The fourth-order valence-electron chi connectivity index (χ4n) is 5.13. The van der Waals surface area contributed by atoms with Crippen LogP contribution in [0.2, 0.25) is 0 Å². The molecule has 0 bridgehead atoms. The number of aromatic nitrogens is 1. The topological polar surface area (TPSA) is 80.8 Å². The van der Waals surface area contributed by atoms with Gasteiger partial charge in [0.25, 0.3) is 0 Å². The second-order valence-electron chi connectivity index (χ2n) is 9.20. The number of nitrogens with zero attached hydrogens (tertiary/aromatic N) is 2. The normalized spacial score (nSPS) is 17.7. The number of hydrogen-bond donors (Lipinski definition) is 1. The fraction of sp³-hybridized carbons (Fsp3) is 0.276. The molecule has 36 heavy (non-hydrogen) atoms. The van der Waals surface area contributed by atoms with Crippen LogP contribution in [0.25, 0.3) is 10.9 Å². The zero-order valence-corrected chi connectivity index (χ0v) is 20.7. The summed E-state index contributed by atoms with van der Waals surface area (Å²) in [5.41, 5.74) is 6.26. The van der Waals surface area contributed by atoms with Crippen LogP contribution in [0.5, 0.6) is 0 Å². The lowest BCUT2D eigenvalue weighted by Gasteiger charge is -2.30. The number of hydrogen-bond acceptors (Lipinski definition) is 7. The molecule has 7 heteroatoms. The van der Waals surface area contributed by atoms with Crippen LogP contribution in [0, 0.1) is 0 Å². The Kier molecular flexibility index (Phi) is 6.57. The molecule has 184 valence electrons. The number of nitrogens with one attached hydrogen (secondary N) is 1. The number of benzene rings is 2. The molecule has 2 aliphatic rings. The van der Waals surface area contributed by atoms with Crippen molar-refractivity contribution < 1.29 is 19.1 Å². The minimum absolute atomic E-state index is 0.253. The van der Waals surface area contributed by atoms with Crippen LogP contribution in [0.4, 0.5) is 0 Å². The van der Waals surface area contributed by atoms with Gasteiger partial charge in [0.1, 0.15) is 6.61 Å². The van der Waals surface area contributed by atoms with E-state index in [2.05, 4.69) is 27.3 Å². The molecule has 2 aliphatic heterocycles. The summed E-state index contributed by atoms with van der Waals surface area (Å²) < 4.78 is 10.9. The number of para-hydroxylation sites is 1. The average Bonchev–Trinajstić information content (AvgIpc) is 3.30. The Hall–Kier alpha value is -3.97. The van der Waals surface area contributed by atoms with Crippen LogP contribution in [-0.2, 0) is 32.2 Å². The van der Waals surface area contributed by atoms with Gasteiger partial charge in [-0.05, 0) is 42.7 Å². The zero-order valence-electron chi connectivity index (χ0n) is 20.7. The van der Waals surface area contributed by atoms with Crippen LogP contribution in [-0.4, -0.2) is 42.1 Å². The van der Waals surface area contributed by atoms with Gasteiger partial charge in [0.15, 0.2) is 0 Å². The van der Waals surface area contributed by atoms with Crippen LogP contribution in [0.3, 0.4) is 0 Å². The van der Waals surface area contributed by atoms with Gasteiger partial charge < -0.3 is 14.8 Å². The minimum Gasteiger partial charge on any atom is -0.466 e. The highest BCUT2D eigenvalue weighted by atomic mass is 16.5. The van der Waals surface area contributed by atoms with Gasteiger partial charge in [0.05, 0.1) is 29.7 Å². The van der Waals surface area contributed by atoms with Gasteiger partial charge in [-0.2, -0.15) is 0 Å². The number of pyridine rings is 1. The molecule has 1 unspecified atom stereocenters. The van der Waals surface area contributed by atoms with E-state index in [1.807, 2.05) is 56.3 Å². The van der Waals surface area contributed by atoms with Crippen LogP contribution < -0.4 is 5.32 Å². The van der Waals surface area contributed by atoms with Gasteiger partial charge in [0.2, 0.25) is 0 Å². The standard InChI is InChI=1S/C29H29N3O4/c1-18-25(28(33)35-3)27(23-14-20-8-6-7-11-24(20)30-15-23)26(19(2)31-18)29(34)36-13-12-32-16-21-9-4-5-10-22(21)17-32/h4-11,14-15,27,31H,12-13,16-17H2,1-3H3. The highest BCUT2D eigenvalue weighted by Crippen LogP contribution is 2.39. The first kappa shape index (κ1) is 23.8. The van der Waals surface area contributed by atoms with Crippen LogP contribution in [0.15, 0.2) is 83.3 Å². The summed E-state index contributed by atoms with van der Waals surface area (Å²) in [6.45, 7) is 6.20. The maximum Gasteiger partial charge on any atom is 0.336 e. The molecule has 7 nitrogen and oxygen atoms in total. The number of allylic oxidation sites excluding steroid dienone is 2. The van der Waals surface area contributed by atoms with Crippen molar-refractivity contribution in [3.05, 3.63) is 100 Å². The SMILES string of the molecule is COC(=O)C1=C(C)NC(C)=C(C(=O)OCCN2Cc3ccccc3C2)C1c1cnc2ccccc2c1. The van der Waals surface area contributed by atoms with E-state index in [9.17, 15) is 9.59 Å². The first-order valence-electron chi connectivity index (χ1n) is 12.0. The molecular formula is C29H29N3O4. The van der Waals surface area contributed by atoms with E-state index in [0.717, 1.165) is 29.6 Å². The Balaban J connectivity index is 1.40. The van der Waals surface area contributed by atoms with E-state index in [1.165, 1.54) is 18.2 Å². The predicted octanol–water partition coefficient (Wildman–Crippen LogP) is 4.20. The van der Waals surface area contributed by atoms with Crippen molar-refractivity contribution in [1.82, 2.24) is 15.2 Å². The van der Waals surface area contributed by atoms with Crippen LogP contribution in [0.1, 0.15) is 36.5 Å². The van der Waals surface area contributed by atoms with E-state index < -0.39 is 17.9 Å². The minimum atomic E-state index is -0.653. The highest BCUT2D eigenvalue weighted by molar-refractivity contribution is 6.00. The molecule has 0 saturated carbocycles. The number of ether oxygens (including phenoxy) is 2. The van der Waals surface area contributed by atoms with E-state index in [1.54, 1.807) is 6.20 Å². The monoisotopic (exact) mass is 483 g/mol. The lowest BCUT2D eigenvalue weighted by molar-refractivity contribution is -0.140. The molecule has 1 atom stereocenters. The summed E-state index contributed by atoms with van der Waals surface area (Å²) in [6, 6.07) is 18.1. The number of carbonyl (C=O) groups is 2. The Morgan fingerprint density at radius 2 is 1.61 bits per heavy atom. The Bertz CT molecular complexity index is 1380. The number of fused-ring (bicyclic) bond motifs is 2. The maximum absolute atomic E-state index is 13.5. The molecular weight excluding hydrogens is 454 g/mol. The molecule has 1 aromatic heterocycles. The van der Waals surface area contributed by atoms with Gasteiger partial charge in [-0.25, -0.2) is 9.59 Å². The summed E-state index contributed by atoms with van der Waals surface area (Å²) in [4.78, 5) is 33.2. The van der Waals surface area contributed by atoms with Gasteiger partial charge in [-0.3, -0.25) is 9.88 Å². The predicted molar refractivity (Wildman–Crippen MR) is 137 cm³/mol. The third-order valence-electron chi connectivity index (χ3n) is 6.88. The molecule has 0 aliphatic carbocycles. The summed E-state index contributed by atoms with van der Waals surface area (Å²) in [7, 11) is 1.34. The Labute approximate surface area is 210 Å². The largest absolute Gasteiger partial charge is 0.466 e. The van der Waals surface area contributed by atoms with Gasteiger partial charge in [0, 0.05) is 42.6 Å². The van der Waals surface area contributed by atoms with Crippen molar-refractivity contribution in [3.8, 4) is 0 Å². The third-order valence-corrected chi connectivity index (χ3v) is 6.88. The van der Waals surface area contributed by atoms with Gasteiger partial charge >= 0.3 is 11.9 Å². The quantitative estimate of drug-likeness (QED) is 0.526. The molecule has 5 rings (SSSR count). The van der Waals surface area contributed by atoms with Crippen LogP contribution >= 0.6 is 0 Å².